The molecule has 9 heteroatoms. The number of rotatable bonds is 10. The van der Waals surface area contributed by atoms with Crippen molar-refractivity contribution in [1.29, 1.82) is 0 Å². The molecule has 1 aromatic heterocycles. The number of alkyl halides is 2. The van der Waals surface area contributed by atoms with Crippen molar-refractivity contribution >= 4 is 23.2 Å². The maximum absolute atomic E-state index is 14.8. The number of hydrogen-bond donors (Lipinski definition) is 0. The van der Waals surface area contributed by atoms with Crippen LogP contribution in [0, 0.1) is 16.9 Å². The van der Waals surface area contributed by atoms with Crippen molar-refractivity contribution in [3.63, 3.8) is 0 Å². The van der Waals surface area contributed by atoms with Gasteiger partial charge in [0.15, 0.2) is 23.6 Å². The van der Waals surface area contributed by atoms with Crippen LogP contribution in [0.4, 0.5) is 13.2 Å². The molecule has 0 N–H and O–H groups in total. The second kappa shape index (κ2) is 11.3. The average molecular weight is 532 g/mol. The fourth-order valence-corrected chi connectivity index (χ4v) is 4.72. The summed E-state index contributed by atoms with van der Waals surface area (Å²) in [5, 5.41) is 12.8. The fraction of sp³-hybridized carbons (Fsp3) is 0.321. The molecule has 2 aromatic carbocycles. The lowest BCUT2D eigenvalue weighted by Gasteiger charge is -2.28. The van der Waals surface area contributed by atoms with Gasteiger partial charge in [-0.15, -0.1) is 0 Å². The van der Waals surface area contributed by atoms with Crippen molar-refractivity contribution in [2.45, 2.75) is 51.6 Å². The molecule has 1 fully saturated rings. The van der Waals surface area contributed by atoms with Gasteiger partial charge >= 0.3 is 6.61 Å². The SMILES string of the molecule is CC(=O)c1ccc(CC(=O)[C@H](CC2CCC2)c2ccc(-c3c(OC(F)F)ccc(Cl)c3F)c[n+]2[O-])cc1. The Hall–Kier alpha value is -3.39. The number of ether oxygens (including phenoxy) is 1. The first-order valence-corrected chi connectivity index (χ1v) is 12.3. The third-order valence-electron chi connectivity index (χ3n) is 6.78. The topological polar surface area (TPSA) is 70.3 Å². The highest BCUT2D eigenvalue weighted by Crippen LogP contribution is 2.39. The first-order valence-electron chi connectivity index (χ1n) is 11.9. The van der Waals surface area contributed by atoms with E-state index in [2.05, 4.69) is 4.74 Å². The Kier molecular flexibility index (Phi) is 8.17. The molecule has 1 aliphatic rings. The number of aromatic nitrogens is 1. The van der Waals surface area contributed by atoms with Crippen molar-refractivity contribution in [3.8, 4) is 16.9 Å². The lowest BCUT2D eigenvalue weighted by Crippen LogP contribution is -2.37. The molecule has 0 saturated heterocycles. The van der Waals surface area contributed by atoms with E-state index in [1.54, 1.807) is 24.3 Å². The molecule has 194 valence electrons. The van der Waals surface area contributed by atoms with Gasteiger partial charge < -0.3 is 9.94 Å². The highest BCUT2D eigenvalue weighted by atomic mass is 35.5. The summed E-state index contributed by atoms with van der Waals surface area (Å²) in [6.07, 6.45) is 4.62. The normalized spacial score (nSPS) is 14.3. The lowest BCUT2D eigenvalue weighted by molar-refractivity contribution is -0.614. The average Bonchev–Trinajstić information content (AvgIpc) is 2.81. The van der Waals surface area contributed by atoms with E-state index in [1.165, 1.54) is 19.1 Å². The minimum absolute atomic E-state index is 0.0101. The molecule has 0 spiro atoms. The van der Waals surface area contributed by atoms with Crippen molar-refractivity contribution in [3.05, 3.63) is 87.6 Å². The Labute approximate surface area is 217 Å². The second-order valence-electron chi connectivity index (χ2n) is 9.26. The Balaban J connectivity index is 1.66. The Bertz CT molecular complexity index is 1310. The number of Topliss-reactive ketones (excluding diaryl/α,β-unsaturated/α-hetero) is 2. The molecule has 1 atom stereocenters. The van der Waals surface area contributed by atoms with Gasteiger partial charge in [0.05, 0.1) is 16.1 Å². The van der Waals surface area contributed by atoms with E-state index in [0.29, 0.717) is 22.6 Å². The summed E-state index contributed by atoms with van der Waals surface area (Å²) in [5.41, 5.74) is 1.08. The largest absolute Gasteiger partial charge is 0.618 e. The van der Waals surface area contributed by atoms with E-state index in [4.69, 9.17) is 11.6 Å². The summed E-state index contributed by atoms with van der Waals surface area (Å²) in [6, 6.07) is 11.8. The van der Waals surface area contributed by atoms with Crippen LogP contribution in [0.3, 0.4) is 0 Å². The molecule has 0 bridgehead atoms. The molecular formula is C28H25ClF3NO4. The summed E-state index contributed by atoms with van der Waals surface area (Å²) >= 11 is 5.85. The van der Waals surface area contributed by atoms with Crippen LogP contribution in [-0.2, 0) is 11.2 Å². The summed E-state index contributed by atoms with van der Waals surface area (Å²) in [5.74, 6) is -2.08. The summed E-state index contributed by atoms with van der Waals surface area (Å²) in [7, 11) is 0. The molecule has 0 unspecified atom stereocenters. The molecule has 0 radical (unpaired) electrons. The van der Waals surface area contributed by atoms with Crippen LogP contribution in [0.25, 0.3) is 11.1 Å². The molecule has 1 heterocycles. The van der Waals surface area contributed by atoms with E-state index in [9.17, 15) is 28.0 Å². The van der Waals surface area contributed by atoms with Crippen LogP contribution >= 0.6 is 11.6 Å². The number of nitrogens with zero attached hydrogens (tertiary/aromatic N) is 1. The number of benzene rings is 2. The molecule has 4 rings (SSSR count). The van der Waals surface area contributed by atoms with Crippen LogP contribution < -0.4 is 9.47 Å². The number of carbonyl (C=O) groups excluding carboxylic acids is 2. The van der Waals surface area contributed by atoms with Gasteiger partial charge in [0.1, 0.15) is 11.7 Å². The van der Waals surface area contributed by atoms with Gasteiger partial charge in [-0.2, -0.15) is 13.5 Å². The lowest BCUT2D eigenvalue weighted by atomic mass is 9.76. The van der Waals surface area contributed by atoms with E-state index in [1.807, 2.05) is 0 Å². The Morgan fingerprint density at radius 3 is 2.38 bits per heavy atom. The van der Waals surface area contributed by atoms with Gasteiger partial charge in [-0.3, -0.25) is 9.59 Å². The monoisotopic (exact) mass is 531 g/mol. The molecule has 5 nitrogen and oxygen atoms in total. The second-order valence-corrected chi connectivity index (χ2v) is 9.67. The summed E-state index contributed by atoms with van der Waals surface area (Å²) in [4.78, 5) is 24.9. The first-order chi connectivity index (χ1) is 17.6. The zero-order valence-corrected chi connectivity index (χ0v) is 20.8. The number of pyridine rings is 1. The smallest absolute Gasteiger partial charge is 0.387 e. The maximum atomic E-state index is 14.8. The molecule has 0 amide bonds. The third-order valence-corrected chi connectivity index (χ3v) is 7.08. The molecule has 0 aliphatic heterocycles. The highest BCUT2D eigenvalue weighted by molar-refractivity contribution is 6.31. The van der Waals surface area contributed by atoms with Gasteiger partial charge in [0.25, 0.3) is 0 Å². The number of halogens is 4. The van der Waals surface area contributed by atoms with Gasteiger partial charge in [0, 0.05) is 18.1 Å². The van der Waals surface area contributed by atoms with Crippen molar-refractivity contribution in [2.24, 2.45) is 5.92 Å². The molecular weight excluding hydrogens is 507 g/mol. The maximum Gasteiger partial charge on any atom is 0.387 e. The van der Waals surface area contributed by atoms with Gasteiger partial charge in [-0.05, 0) is 43.0 Å². The third kappa shape index (κ3) is 6.13. The van der Waals surface area contributed by atoms with Crippen LogP contribution in [0.5, 0.6) is 5.75 Å². The summed E-state index contributed by atoms with van der Waals surface area (Å²) < 4.78 is 45.5. The minimum atomic E-state index is -3.20. The van der Waals surface area contributed by atoms with Crippen LogP contribution in [0.2, 0.25) is 5.02 Å². The standard InChI is InChI=1S/C28H25ClF3NO4/c1-16(34)19-7-5-18(6-8-19)14-24(35)21(13-17-3-2-4-17)23-11-9-20(15-33(23)36)26-25(37-28(31)32)12-10-22(29)27(26)30/h5-12,15,17,21,28H,2-4,13-14H2,1H3/t21-/m1/s1. The molecule has 3 aromatic rings. The first kappa shape index (κ1) is 26.7. The van der Waals surface area contributed by atoms with Crippen LogP contribution in [0.15, 0.2) is 54.7 Å². The van der Waals surface area contributed by atoms with E-state index < -0.39 is 24.1 Å². The highest BCUT2D eigenvalue weighted by Gasteiger charge is 2.33. The number of ketones is 2. The van der Waals surface area contributed by atoms with E-state index in [-0.39, 0.29) is 39.8 Å². The van der Waals surface area contributed by atoms with Crippen LogP contribution in [-0.4, -0.2) is 18.2 Å². The van der Waals surface area contributed by atoms with Gasteiger partial charge in [-0.1, -0.05) is 55.1 Å². The zero-order valence-electron chi connectivity index (χ0n) is 20.1. The van der Waals surface area contributed by atoms with E-state index >= 15 is 0 Å². The van der Waals surface area contributed by atoms with Crippen molar-refractivity contribution in [1.82, 2.24) is 0 Å². The van der Waals surface area contributed by atoms with Crippen molar-refractivity contribution in [2.75, 3.05) is 0 Å². The van der Waals surface area contributed by atoms with Gasteiger partial charge in [-0.25, -0.2) is 4.39 Å². The quantitative estimate of drug-likeness (QED) is 0.166. The molecule has 1 aliphatic carbocycles. The Morgan fingerprint density at radius 1 is 1.11 bits per heavy atom. The molecule has 1 saturated carbocycles. The molecule has 37 heavy (non-hydrogen) atoms. The number of carbonyl (C=O) groups is 2. The predicted octanol–water partition coefficient (Wildman–Crippen LogP) is 6.67. The van der Waals surface area contributed by atoms with Crippen molar-refractivity contribution < 1.29 is 32.2 Å². The van der Waals surface area contributed by atoms with Crippen LogP contribution in [0.1, 0.15) is 60.1 Å². The predicted molar refractivity (Wildman–Crippen MR) is 132 cm³/mol. The van der Waals surface area contributed by atoms with E-state index in [0.717, 1.165) is 43.2 Å². The van der Waals surface area contributed by atoms with Gasteiger partial charge in [0.2, 0.25) is 5.69 Å². The fourth-order valence-electron chi connectivity index (χ4n) is 4.57. The number of hydrogen-bond acceptors (Lipinski definition) is 4. The Morgan fingerprint density at radius 2 is 1.81 bits per heavy atom. The zero-order chi connectivity index (χ0) is 26.7. The minimum Gasteiger partial charge on any atom is -0.618 e. The summed E-state index contributed by atoms with van der Waals surface area (Å²) in [6.45, 7) is -1.74.